The van der Waals surface area contributed by atoms with Gasteiger partial charge in [0.2, 0.25) is 20.0 Å². The molecule has 188 valence electrons. The maximum absolute atomic E-state index is 13.4. The summed E-state index contributed by atoms with van der Waals surface area (Å²) < 4.78 is 56.4. The van der Waals surface area contributed by atoms with Crippen LogP contribution in [0, 0.1) is 13.8 Å². The first-order valence-electron chi connectivity index (χ1n) is 11.5. The Hall–Kier alpha value is -1.04. The Morgan fingerprint density at radius 3 is 1.32 bits per heavy atom. The van der Waals surface area contributed by atoms with E-state index in [9.17, 15) is 16.8 Å². The molecular formula is C24H34N2O4S4. The molecule has 1 saturated heterocycles. The molecule has 0 N–H and O–H groups in total. The highest BCUT2D eigenvalue weighted by Crippen LogP contribution is 2.21. The molecule has 3 rings (SSSR count). The average Bonchev–Trinajstić information content (AvgIpc) is 2.80. The molecule has 1 aliphatic rings. The van der Waals surface area contributed by atoms with Crippen LogP contribution in [0.25, 0.3) is 0 Å². The number of aryl methyl sites for hydroxylation is 2. The highest BCUT2D eigenvalue weighted by molar-refractivity contribution is 8.00. The van der Waals surface area contributed by atoms with Gasteiger partial charge in [-0.2, -0.15) is 32.1 Å². The summed E-state index contributed by atoms with van der Waals surface area (Å²) in [5, 5.41) is 0. The van der Waals surface area contributed by atoms with Gasteiger partial charge in [0.05, 0.1) is 9.79 Å². The van der Waals surface area contributed by atoms with Gasteiger partial charge >= 0.3 is 0 Å². The molecule has 10 heteroatoms. The molecule has 0 saturated carbocycles. The summed E-state index contributed by atoms with van der Waals surface area (Å²) in [6, 6.07) is 13.8. The first-order valence-corrected chi connectivity index (χ1v) is 16.7. The fourth-order valence-corrected chi connectivity index (χ4v) is 8.82. The van der Waals surface area contributed by atoms with E-state index >= 15 is 0 Å². The lowest BCUT2D eigenvalue weighted by Crippen LogP contribution is -2.38. The van der Waals surface area contributed by atoms with Crippen molar-refractivity contribution in [3.63, 3.8) is 0 Å². The third kappa shape index (κ3) is 7.48. The van der Waals surface area contributed by atoms with Crippen LogP contribution >= 0.6 is 23.5 Å². The first-order chi connectivity index (χ1) is 16.2. The maximum Gasteiger partial charge on any atom is 0.243 e. The summed E-state index contributed by atoms with van der Waals surface area (Å²) >= 11 is 3.55. The minimum atomic E-state index is -3.65. The molecule has 6 nitrogen and oxygen atoms in total. The Kier molecular flexibility index (Phi) is 10.4. The van der Waals surface area contributed by atoms with Crippen LogP contribution in [-0.4, -0.2) is 74.6 Å². The predicted molar refractivity (Wildman–Crippen MR) is 144 cm³/mol. The predicted octanol–water partition coefficient (Wildman–Crippen LogP) is 4.25. The SMILES string of the molecule is Cc1ccc(S(=O)(=O)N2CCCN(S(=O)(=O)c3ccc(C)cc3)CCSCCCSCC2)cc1. The molecule has 2 aromatic carbocycles. The highest BCUT2D eigenvalue weighted by Gasteiger charge is 2.27. The van der Waals surface area contributed by atoms with Gasteiger partial charge in [-0.15, -0.1) is 0 Å². The van der Waals surface area contributed by atoms with E-state index in [1.165, 1.54) is 8.61 Å². The fourth-order valence-electron chi connectivity index (χ4n) is 3.65. The van der Waals surface area contributed by atoms with E-state index in [1.807, 2.05) is 13.8 Å². The molecule has 0 unspecified atom stereocenters. The van der Waals surface area contributed by atoms with Gasteiger partial charge in [0.25, 0.3) is 0 Å². The van der Waals surface area contributed by atoms with Crippen molar-refractivity contribution in [2.45, 2.75) is 36.5 Å². The third-order valence-corrected chi connectivity index (χ3v) is 11.6. The smallest absolute Gasteiger partial charge is 0.207 e. The monoisotopic (exact) mass is 542 g/mol. The van der Waals surface area contributed by atoms with Crippen LogP contribution in [0.2, 0.25) is 0 Å². The quantitative estimate of drug-likeness (QED) is 0.575. The number of rotatable bonds is 4. The van der Waals surface area contributed by atoms with Crippen molar-refractivity contribution in [1.82, 2.24) is 8.61 Å². The van der Waals surface area contributed by atoms with Crippen LogP contribution in [0.4, 0.5) is 0 Å². The third-order valence-electron chi connectivity index (χ3n) is 5.68. The van der Waals surface area contributed by atoms with Crippen molar-refractivity contribution in [2.24, 2.45) is 0 Å². The van der Waals surface area contributed by atoms with Gasteiger partial charge in [0.1, 0.15) is 0 Å². The van der Waals surface area contributed by atoms with E-state index in [2.05, 4.69) is 0 Å². The van der Waals surface area contributed by atoms with Crippen molar-refractivity contribution >= 4 is 43.6 Å². The molecule has 0 spiro atoms. The minimum Gasteiger partial charge on any atom is -0.207 e. The van der Waals surface area contributed by atoms with Crippen molar-refractivity contribution in [1.29, 1.82) is 0 Å². The molecule has 2 aromatic rings. The Morgan fingerprint density at radius 1 is 0.559 bits per heavy atom. The Labute approximate surface area is 213 Å². The summed E-state index contributed by atoms with van der Waals surface area (Å²) in [4.78, 5) is 0.564. The zero-order valence-electron chi connectivity index (χ0n) is 19.9. The summed E-state index contributed by atoms with van der Waals surface area (Å²) in [6.45, 7) is 5.25. The van der Waals surface area contributed by atoms with E-state index < -0.39 is 20.0 Å². The van der Waals surface area contributed by atoms with Gasteiger partial charge in [0.15, 0.2) is 0 Å². The molecule has 0 bridgehead atoms. The van der Waals surface area contributed by atoms with Gasteiger partial charge in [-0.3, -0.25) is 0 Å². The molecule has 0 radical (unpaired) electrons. The molecule has 0 aliphatic carbocycles. The molecule has 0 amide bonds. The second kappa shape index (κ2) is 12.8. The normalized spacial score (nSPS) is 18.9. The largest absolute Gasteiger partial charge is 0.243 e. The molecule has 0 atom stereocenters. The van der Waals surface area contributed by atoms with E-state index in [0.717, 1.165) is 40.6 Å². The van der Waals surface area contributed by atoms with Crippen molar-refractivity contribution in [2.75, 3.05) is 49.2 Å². The summed E-state index contributed by atoms with van der Waals surface area (Å²) in [5.41, 5.74) is 2.01. The van der Waals surface area contributed by atoms with Crippen molar-refractivity contribution in [3.8, 4) is 0 Å². The lowest BCUT2D eigenvalue weighted by atomic mass is 10.2. The number of hydrogen-bond acceptors (Lipinski definition) is 6. The van der Waals surface area contributed by atoms with E-state index in [4.69, 9.17) is 0 Å². The molecule has 34 heavy (non-hydrogen) atoms. The van der Waals surface area contributed by atoms with Crippen LogP contribution < -0.4 is 0 Å². The Balaban J connectivity index is 1.80. The lowest BCUT2D eigenvalue weighted by Gasteiger charge is -2.26. The van der Waals surface area contributed by atoms with Crippen LogP contribution in [0.15, 0.2) is 58.3 Å². The topological polar surface area (TPSA) is 74.8 Å². The van der Waals surface area contributed by atoms with Gasteiger partial charge in [0, 0.05) is 37.7 Å². The van der Waals surface area contributed by atoms with Crippen LogP contribution in [0.1, 0.15) is 24.0 Å². The first kappa shape index (κ1) is 27.5. The minimum absolute atomic E-state index is 0.282. The molecule has 1 aliphatic heterocycles. The maximum atomic E-state index is 13.4. The number of sulfonamides is 2. The van der Waals surface area contributed by atoms with E-state index in [-0.39, 0.29) is 22.9 Å². The van der Waals surface area contributed by atoms with Crippen molar-refractivity contribution in [3.05, 3.63) is 59.7 Å². The molecule has 1 fully saturated rings. The van der Waals surface area contributed by atoms with Gasteiger partial charge in [-0.1, -0.05) is 35.4 Å². The summed E-state index contributed by atoms with van der Waals surface area (Å²) in [6.07, 6.45) is 1.45. The molecule has 0 aromatic heterocycles. The van der Waals surface area contributed by atoms with Crippen molar-refractivity contribution < 1.29 is 16.8 Å². The van der Waals surface area contributed by atoms with E-state index in [0.29, 0.717) is 19.5 Å². The van der Waals surface area contributed by atoms with Crippen LogP contribution in [-0.2, 0) is 20.0 Å². The Morgan fingerprint density at radius 2 is 0.941 bits per heavy atom. The Bertz CT molecular complexity index is 1030. The van der Waals surface area contributed by atoms with E-state index in [1.54, 1.807) is 72.1 Å². The fraction of sp³-hybridized carbons (Fsp3) is 0.500. The average molecular weight is 543 g/mol. The highest BCUT2D eigenvalue weighted by atomic mass is 32.2. The zero-order chi connectivity index (χ0) is 24.6. The van der Waals surface area contributed by atoms with Gasteiger partial charge in [-0.25, -0.2) is 16.8 Å². The molecular weight excluding hydrogens is 509 g/mol. The van der Waals surface area contributed by atoms with Crippen LogP contribution in [0.3, 0.4) is 0 Å². The number of thioether (sulfide) groups is 2. The second-order valence-electron chi connectivity index (χ2n) is 8.37. The second-order valence-corrected chi connectivity index (χ2v) is 14.7. The number of benzene rings is 2. The van der Waals surface area contributed by atoms with Gasteiger partial charge in [-0.05, 0) is 62.5 Å². The zero-order valence-corrected chi connectivity index (χ0v) is 23.1. The standard InChI is InChI=1S/C24H34N2O4S4/c1-21-5-9-23(10-6-21)33(27,28)25-13-3-14-26(16-20-32-18-4-17-31-19-15-25)34(29,30)24-11-7-22(2)8-12-24/h5-12H,3-4,13-20H2,1-2H3. The van der Waals surface area contributed by atoms with Gasteiger partial charge < -0.3 is 0 Å². The lowest BCUT2D eigenvalue weighted by molar-refractivity contribution is 0.376. The van der Waals surface area contributed by atoms with Crippen LogP contribution in [0.5, 0.6) is 0 Å². The summed E-state index contributed by atoms with van der Waals surface area (Å²) in [5.74, 6) is 3.38. The number of hydrogen-bond donors (Lipinski definition) is 0. The number of nitrogens with zero attached hydrogens (tertiary/aromatic N) is 2. The molecule has 1 heterocycles. The summed E-state index contributed by atoms with van der Waals surface area (Å²) in [7, 11) is -7.29.